The molecule has 0 unspecified atom stereocenters. The number of benzene rings is 2. The van der Waals surface area contributed by atoms with E-state index in [0.717, 1.165) is 75.4 Å². The standard InChI is InChI=1S/C21H22N4O2S.C15H10ClN3OS/c1-27-16-7-2-13-10-19(28-18(13)11-16)17-12-22-21-9-8-20(24-25(17)21)23-14-3-5-15(26)6-4-14;1-20-10-3-2-9-6-13(21-12(9)7-10)11-8-17-15-5-4-14(16)18-19(11)15/h2,7-12,14-15,26H,3-6H2,1H3,(H,23,24);2-8H,1H3. The molecule has 2 N–H and O–H groups in total. The second-order valence-electron chi connectivity index (χ2n) is 11.9. The minimum absolute atomic E-state index is 0.152. The molecule has 6 heterocycles. The number of imidazole rings is 2. The number of hydrogen-bond donors (Lipinski definition) is 2. The van der Waals surface area contributed by atoms with Gasteiger partial charge in [0.05, 0.1) is 42.5 Å². The summed E-state index contributed by atoms with van der Waals surface area (Å²) in [5.74, 6) is 2.56. The normalized spacial score (nSPS) is 16.2. The average Bonchev–Trinajstić information content (AvgIpc) is 3.92. The van der Waals surface area contributed by atoms with E-state index in [1.165, 1.54) is 20.2 Å². The predicted molar refractivity (Wildman–Crippen MR) is 198 cm³/mol. The monoisotopic (exact) mass is 709 g/mol. The summed E-state index contributed by atoms with van der Waals surface area (Å²) in [5.41, 5.74) is 3.53. The summed E-state index contributed by atoms with van der Waals surface area (Å²) in [6.45, 7) is 0. The van der Waals surface area contributed by atoms with Crippen LogP contribution in [-0.4, -0.2) is 60.7 Å². The first kappa shape index (κ1) is 31.5. The van der Waals surface area contributed by atoms with Crippen molar-refractivity contribution in [2.24, 2.45) is 0 Å². The van der Waals surface area contributed by atoms with E-state index in [4.69, 9.17) is 26.2 Å². The van der Waals surface area contributed by atoms with Gasteiger partial charge in [0.1, 0.15) is 33.9 Å². The fourth-order valence-corrected chi connectivity index (χ4v) is 8.41. The third-order valence-electron chi connectivity index (χ3n) is 8.70. The van der Waals surface area contributed by atoms with Crippen molar-refractivity contribution in [1.29, 1.82) is 0 Å². The number of aliphatic hydroxyl groups is 1. The minimum Gasteiger partial charge on any atom is -0.497 e. The summed E-state index contributed by atoms with van der Waals surface area (Å²) >= 11 is 9.37. The highest BCUT2D eigenvalue weighted by Gasteiger charge is 2.20. The fraction of sp³-hybridized carbons (Fsp3) is 0.222. The molecule has 0 amide bonds. The molecule has 8 aromatic rings. The van der Waals surface area contributed by atoms with Crippen molar-refractivity contribution >= 4 is 71.6 Å². The van der Waals surface area contributed by atoms with E-state index in [2.05, 4.69) is 50.7 Å². The van der Waals surface area contributed by atoms with Crippen molar-refractivity contribution in [1.82, 2.24) is 29.2 Å². The Balaban J connectivity index is 0.000000148. The number of rotatable bonds is 6. The molecule has 13 heteroatoms. The molecule has 0 atom stereocenters. The number of thiophene rings is 2. The van der Waals surface area contributed by atoms with Crippen LogP contribution in [0.3, 0.4) is 0 Å². The van der Waals surface area contributed by atoms with Gasteiger partial charge in [-0.05, 0) is 109 Å². The number of nitrogens with one attached hydrogen (secondary N) is 1. The SMILES string of the molecule is COc1ccc2cc(-c3cnc4ccc(Cl)nn34)sc2c1.COc1ccc2cc(-c3cnc4ccc(NC5CCC(O)CC5)nn34)sc2c1. The maximum Gasteiger partial charge on any atom is 0.154 e. The molecule has 10 nitrogen and oxygen atoms in total. The topological polar surface area (TPSA) is 111 Å². The van der Waals surface area contributed by atoms with Crippen molar-refractivity contribution in [3.8, 4) is 32.6 Å². The first-order valence-corrected chi connectivity index (χ1v) is 17.9. The van der Waals surface area contributed by atoms with E-state index in [-0.39, 0.29) is 6.10 Å². The van der Waals surface area contributed by atoms with Crippen molar-refractivity contribution < 1.29 is 14.6 Å². The third kappa shape index (κ3) is 6.40. The molecule has 1 saturated carbocycles. The van der Waals surface area contributed by atoms with Crippen LogP contribution in [0.4, 0.5) is 5.82 Å². The highest BCUT2D eigenvalue weighted by atomic mass is 35.5. The lowest BCUT2D eigenvalue weighted by Gasteiger charge is -2.26. The fourth-order valence-electron chi connectivity index (χ4n) is 6.10. The highest BCUT2D eigenvalue weighted by molar-refractivity contribution is 7.22. The van der Waals surface area contributed by atoms with Gasteiger partial charge in [0.2, 0.25) is 0 Å². The minimum atomic E-state index is -0.152. The van der Waals surface area contributed by atoms with E-state index < -0.39 is 0 Å². The number of hydrogen-bond acceptors (Lipinski definition) is 10. The third-order valence-corrected chi connectivity index (χ3v) is 11.1. The van der Waals surface area contributed by atoms with Gasteiger partial charge in [-0.15, -0.1) is 27.8 Å². The number of ether oxygens (including phenoxy) is 2. The molecule has 0 spiro atoms. The summed E-state index contributed by atoms with van der Waals surface area (Å²) in [6, 6.07) is 24.4. The van der Waals surface area contributed by atoms with Crippen LogP contribution in [0.1, 0.15) is 25.7 Å². The Kier molecular flexibility index (Phi) is 8.54. The molecule has 6 aromatic heterocycles. The van der Waals surface area contributed by atoms with Gasteiger partial charge in [-0.25, -0.2) is 19.0 Å². The number of anilines is 1. The molecule has 248 valence electrons. The Hall–Kier alpha value is -4.75. The summed E-state index contributed by atoms with van der Waals surface area (Å²) in [7, 11) is 3.36. The second-order valence-corrected chi connectivity index (χ2v) is 14.4. The lowest BCUT2D eigenvalue weighted by Crippen LogP contribution is -2.28. The number of aliphatic hydroxyl groups excluding tert-OH is 1. The van der Waals surface area contributed by atoms with E-state index in [9.17, 15) is 5.11 Å². The largest absolute Gasteiger partial charge is 0.497 e. The first-order chi connectivity index (χ1) is 23.9. The number of nitrogens with zero attached hydrogens (tertiary/aromatic N) is 6. The molecular formula is C36H32ClN7O3S2. The summed E-state index contributed by atoms with van der Waals surface area (Å²) < 4.78 is 16.6. The van der Waals surface area contributed by atoms with Gasteiger partial charge < -0.3 is 19.9 Å². The Labute approximate surface area is 294 Å². The number of fused-ring (bicyclic) bond motifs is 4. The number of methoxy groups -OCH3 is 2. The first-order valence-electron chi connectivity index (χ1n) is 15.9. The Morgan fingerprint density at radius 2 is 1.27 bits per heavy atom. The zero-order valence-corrected chi connectivity index (χ0v) is 29.1. The predicted octanol–water partition coefficient (Wildman–Crippen LogP) is 8.61. The van der Waals surface area contributed by atoms with Gasteiger partial charge in [-0.1, -0.05) is 11.6 Å². The van der Waals surface area contributed by atoms with Crippen LogP contribution in [0.25, 0.3) is 52.6 Å². The van der Waals surface area contributed by atoms with Crippen LogP contribution < -0.4 is 14.8 Å². The van der Waals surface area contributed by atoms with E-state index in [1.54, 1.807) is 47.5 Å². The van der Waals surface area contributed by atoms with Crippen molar-refractivity contribution in [3.63, 3.8) is 0 Å². The van der Waals surface area contributed by atoms with Crippen LogP contribution >= 0.6 is 34.3 Å². The van der Waals surface area contributed by atoms with Gasteiger partial charge >= 0.3 is 0 Å². The molecule has 2 aromatic carbocycles. The van der Waals surface area contributed by atoms with Crippen LogP contribution in [0.5, 0.6) is 11.5 Å². The van der Waals surface area contributed by atoms with Crippen molar-refractivity contribution in [2.75, 3.05) is 19.5 Å². The second kappa shape index (κ2) is 13.3. The van der Waals surface area contributed by atoms with E-state index in [1.807, 2.05) is 53.3 Å². The van der Waals surface area contributed by atoms with Crippen LogP contribution in [-0.2, 0) is 0 Å². The van der Waals surface area contributed by atoms with Crippen LogP contribution in [0.15, 0.2) is 85.2 Å². The summed E-state index contributed by atoms with van der Waals surface area (Å²) in [5, 5.41) is 25.1. The molecule has 0 saturated heterocycles. The molecule has 49 heavy (non-hydrogen) atoms. The zero-order valence-electron chi connectivity index (χ0n) is 26.7. The number of halogens is 1. The van der Waals surface area contributed by atoms with Crippen molar-refractivity contribution in [2.45, 2.75) is 37.8 Å². The molecule has 1 aliphatic rings. The van der Waals surface area contributed by atoms with Gasteiger partial charge in [-0.3, -0.25) is 0 Å². The van der Waals surface area contributed by atoms with Crippen molar-refractivity contribution in [3.05, 3.63) is 90.3 Å². The molecule has 1 aliphatic carbocycles. The Bertz CT molecular complexity index is 2430. The molecule has 0 radical (unpaired) electrons. The zero-order chi connectivity index (χ0) is 33.5. The quantitative estimate of drug-likeness (QED) is 0.177. The molecule has 0 aliphatic heterocycles. The average molecular weight is 710 g/mol. The van der Waals surface area contributed by atoms with Gasteiger partial charge in [0, 0.05) is 15.4 Å². The Morgan fingerprint density at radius 1 is 0.714 bits per heavy atom. The van der Waals surface area contributed by atoms with E-state index >= 15 is 0 Å². The van der Waals surface area contributed by atoms with Crippen LogP contribution in [0, 0.1) is 0 Å². The van der Waals surface area contributed by atoms with E-state index in [0.29, 0.717) is 11.2 Å². The summed E-state index contributed by atoms with van der Waals surface area (Å²) in [6.07, 6.45) is 7.18. The number of aromatic nitrogens is 6. The molecule has 0 bridgehead atoms. The smallest absolute Gasteiger partial charge is 0.154 e. The molecule has 9 rings (SSSR count). The Morgan fingerprint density at radius 3 is 1.84 bits per heavy atom. The lowest BCUT2D eigenvalue weighted by atomic mass is 9.93. The maximum absolute atomic E-state index is 9.70. The maximum atomic E-state index is 9.70. The van der Waals surface area contributed by atoms with Gasteiger partial charge in [0.15, 0.2) is 11.3 Å². The molecular weight excluding hydrogens is 678 g/mol. The van der Waals surface area contributed by atoms with Gasteiger partial charge in [0.25, 0.3) is 0 Å². The highest BCUT2D eigenvalue weighted by Crippen LogP contribution is 2.37. The van der Waals surface area contributed by atoms with Crippen LogP contribution in [0.2, 0.25) is 5.15 Å². The van der Waals surface area contributed by atoms with Gasteiger partial charge in [-0.2, -0.15) is 5.10 Å². The summed E-state index contributed by atoms with van der Waals surface area (Å²) in [4.78, 5) is 11.1. The lowest BCUT2D eigenvalue weighted by molar-refractivity contribution is 0.126. The molecule has 1 fully saturated rings.